The molecule has 4 rings (SSSR count). The molecule has 122 valence electrons. The van der Waals surface area contributed by atoms with Crippen molar-refractivity contribution in [2.24, 2.45) is 0 Å². The third-order valence-electron chi connectivity index (χ3n) is 4.47. The molecule has 23 heavy (non-hydrogen) atoms. The Morgan fingerprint density at radius 3 is 3.00 bits per heavy atom. The summed E-state index contributed by atoms with van der Waals surface area (Å²) in [4.78, 5) is 9.18. The maximum atomic E-state index is 6.26. The summed E-state index contributed by atoms with van der Waals surface area (Å²) in [7, 11) is 0. The zero-order chi connectivity index (χ0) is 15.5. The highest BCUT2D eigenvalue weighted by molar-refractivity contribution is 5.52. The van der Waals surface area contributed by atoms with Crippen molar-refractivity contribution in [1.82, 2.24) is 20.2 Å². The molecular weight excluding hydrogens is 294 g/mol. The van der Waals surface area contributed by atoms with Crippen molar-refractivity contribution in [1.29, 1.82) is 0 Å². The molecule has 1 atom stereocenters. The molecule has 0 unspecified atom stereocenters. The molecule has 2 aliphatic heterocycles. The van der Waals surface area contributed by atoms with Crippen molar-refractivity contribution in [2.45, 2.75) is 31.9 Å². The lowest BCUT2D eigenvalue weighted by Crippen LogP contribution is -2.26. The van der Waals surface area contributed by atoms with Gasteiger partial charge < -0.3 is 9.64 Å². The normalized spacial score (nSPS) is 21.9. The maximum absolute atomic E-state index is 6.26. The lowest BCUT2D eigenvalue weighted by atomic mass is 10.3. The highest BCUT2D eigenvalue weighted by Crippen LogP contribution is 2.30. The first-order valence-corrected chi connectivity index (χ1v) is 8.24. The van der Waals surface area contributed by atoms with Crippen molar-refractivity contribution in [3.05, 3.63) is 30.2 Å². The van der Waals surface area contributed by atoms with Crippen LogP contribution >= 0.6 is 0 Å². The van der Waals surface area contributed by atoms with E-state index in [0.29, 0.717) is 0 Å². The lowest BCUT2D eigenvalue weighted by Gasteiger charge is -2.22. The van der Waals surface area contributed by atoms with Gasteiger partial charge in [0, 0.05) is 38.9 Å². The summed E-state index contributed by atoms with van der Waals surface area (Å²) in [6.45, 7) is 4.79. The molecule has 0 aliphatic carbocycles. The van der Waals surface area contributed by atoms with Gasteiger partial charge in [0.1, 0.15) is 11.8 Å². The molecule has 0 aromatic carbocycles. The number of aromatic nitrogens is 3. The van der Waals surface area contributed by atoms with E-state index < -0.39 is 0 Å². The van der Waals surface area contributed by atoms with Crippen molar-refractivity contribution in [2.75, 3.05) is 31.1 Å². The molecule has 0 spiro atoms. The first kappa shape index (κ1) is 14.4. The number of likely N-dealkylation sites (tertiary alicyclic amines) is 1. The smallest absolute Gasteiger partial charge is 0.171 e. The van der Waals surface area contributed by atoms with Crippen LogP contribution in [0.2, 0.25) is 0 Å². The summed E-state index contributed by atoms with van der Waals surface area (Å²) in [5.41, 5.74) is 0.866. The number of pyridine rings is 1. The number of hydrogen-bond acceptors (Lipinski definition) is 7. The van der Waals surface area contributed by atoms with Crippen LogP contribution in [0.5, 0.6) is 5.75 Å². The van der Waals surface area contributed by atoms with Crippen molar-refractivity contribution >= 4 is 5.82 Å². The molecule has 0 saturated carbocycles. The van der Waals surface area contributed by atoms with E-state index >= 15 is 0 Å². The Hall–Kier alpha value is -2.15. The van der Waals surface area contributed by atoms with Crippen LogP contribution in [0.1, 0.15) is 25.0 Å². The Kier molecular flexibility index (Phi) is 4.10. The second-order valence-electron chi connectivity index (χ2n) is 6.18. The predicted molar refractivity (Wildman–Crippen MR) is 84.3 cm³/mol. The molecule has 0 radical (unpaired) electrons. The number of nitrogens with zero attached hydrogens (tertiary/aromatic N) is 5. The Balaban J connectivity index is 1.39. The van der Waals surface area contributed by atoms with Gasteiger partial charge in [-0.15, -0.1) is 0 Å². The minimum absolute atomic E-state index is 0.195. The third-order valence-corrected chi connectivity index (χ3v) is 4.47. The largest absolute Gasteiger partial charge is 0.485 e. The van der Waals surface area contributed by atoms with E-state index in [9.17, 15) is 0 Å². The van der Waals surface area contributed by atoms with Gasteiger partial charge >= 0.3 is 0 Å². The quantitative estimate of drug-likeness (QED) is 0.832. The van der Waals surface area contributed by atoms with Crippen molar-refractivity contribution in [3.63, 3.8) is 0 Å². The second kappa shape index (κ2) is 6.54. The molecule has 0 N–H and O–H groups in total. The molecule has 7 heteroatoms. The molecule has 2 saturated heterocycles. The van der Waals surface area contributed by atoms with E-state index in [2.05, 4.69) is 29.7 Å². The minimum atomic E-state index is 0.195. The van der Waals surface area contributed by atoms with Crippen molar-refractivity contribution in [3.8, 4) is 5.75 Å². The van der Waals surface area contributed by atoms with Crippen LogP contribution in [0.25, 0.3) is 0 Å². The highest BCUT2D eigenvalue weighted by atomic mass is 16.6. The SMILES string of the molecule is c1cnc(N2CCCC2)c(O[C@H]2CCN(Cc3cnon3)C2)c1. The van der Waals surface area contributed by atoms with Gasteiger partial charge in [0.15, 0.2) is 11.6 Å². The van der Waals surface area contributed by atoms with Gasteiger partial charge in [-0.3, -0.25) is 4.90 Å². The molecule has 0 bridgehead atoms. The van der Waals surface area contributed by atoms with E-state index in [0.717, 1.165) is 56.4 Å². The van der Waals surface area contributed by atoms with Gasteiger partial charge in [0.25, 0.3) is 0 Å². The minimum Gasteiger partial charge on any atom is -0.485 e. The van der Waals surface area contributed by atoms with E-state index in [-0.39, 0.29) is 6.10 Å². The van der Waals surface area contributed by atoms with Crippen LogP contribution in [0.4, 0.5) is 5.82 Å². The summed E-state index contributed by atoms with van der Waals surface area (Å²) in [6, 6.07) is 3.98. The first-order valence-electron chi connectivity index (χ1n) is 8.24. The van der Waals surface area contributed by atoms with E-state index in [4.69, 9.17) is 4.74 Å². The predicted octanol–water partition coefficient (Wildman–Crippen LogP) is 1.72. The molecule has 7 nitrogen and oxygen atoms in total. The number of anilines is 1. The van der Waals surface area contributed by atoms with Gasteiger partial charge in [-0.25, -0.2) is 9.61 Å². The van der Waals surface area contributed by atoms with Gasteiger partial charge in [-0.05, 0) is 31.4 Å². The zero-order valence-electron chi connectivity index (χ0n) is 13.1. The Labute approximate surface area is 135 Å². The van der Waals surface area contributed by atoms with Gasteiger partial charge in [0.2, 0.25) is 0 Å². The molecule has 2 fully saturated rings. The lowest BCUT2D eigenvalue weighted by molar-refractivity contribution is 0.196. The highest BCUT2D eigenvalue weighted by Gasteiger charge is 2.26. The molecular formula is C16H21N5O2. The average Bonchev–Trinajstić information content (AvgIpc) is 3.31. The van der Waals surface area contributed by atoms with E-state index in [1.165, 1.54) is 12.8 Å². The van der Waals surface area contributed by atoms with Crippen LogP contribution in [-0.2, 0) is 6.54 Å². The fourth-order valence-corrected chi connectivity index (χ4v) is 3.34. The fourth-order valence-electron chi connectivity index (χ4n) is 3.34. The first-order chi connectivity index (χ1) is 11.4. The molecule has 0 amide bonds. The molecule has 2 aromatic rings. The van der Waals surface area contributed by atoms with Crippen LogP contribution in [0.3, 0.4) is 0 Å². The van der Waals surface area contributed by atoms with Gasteiger partial charge in [0.05, 0.1) is 6.20 Å². The topological polar surface area (TPSA) is 67.5 Å². The zero-order valence-corrected chi connectivity index (χ0v) is 13.1. The van der Waals surface area contributed by atoms with Crippen molar-refractivity contribution < 1.29 is 9.37 Å². The summed E-state index contributed by atoms with van der Waals surface area (Å²) in [5, 5.41) is 7.52. The summed E-state index contributed by atoms with van der Waals surface area (Å²) in [5.74, 6) is 1.90. The molecule has 4 heterocycles. The average molecular weight is 315 g/mol. The van der Waals surface area contributed by atoms with E-state index in [1.54, 1.807) is 6.20 Å². The standard InChI is InChI=1S/C16H21N5O2/c1-2-8-21(7-1)16-15(4-3-6-17-16)22-14-5-9-20(12-14)11-13-10-18-23-19-13/h3-4,6,10,14H,1-2,5,7-9,11-12H2/t14-/m0/s1. The Morgan fingerprint density at radius 1 is 1.26 bits per heavy atom. The number of rotatable bonds is 5. The molecule has 2 aliphatic rings. The third kappa shape index (κ3) is 3.29. The van der Waals surface area contributed by atoms with Crippen LogP contribution in [0.15, 0.2) is 29.2 Å². The van der Waals surface area contributed by atoms with Crippen LogP contribution < -0.4 is 9.64 Å². The number of ether oxygens (including phenoxy) is 1. The van der Waals surface area contributed by atoms with E-state index in [1.807, 2.05) is 18.3 Å². The number of hydrogen-bond donors (Lipinski definition) is 0. The summed E-state index contributed by atoms with van der Waals surface area (Å²) < 4.78 is 10.9. The monoisotopic (exact) mass is 315 g/mol. The van der Waals surface area contributed by atoms with Crippen LogP contribution in [0, 0.1) is 0 Å². The summed E-state index contributed by atoms with van der Waals surface area (Å²) >= 11 is 0. The van der Waals surface area contributed by atoms with Gasteiger partial charge in [-0.2, -0.15) is 0 Å². The summed E-state index contributed by atoms with van der Waals surface area (Å²) in [6.07, 6.45) is 7.19. The fraction of sp³-hybridized carbons (Fsp3) is 0.562. The maximum Gasteiger partial charge on any atom is 0.171 e. The Morgan fingerprint density at radius 2 is 2.17 bits per heavy atom. The van der Waals surface area contributed by atoms with Gasteiger partial charge in [-0.1, -0.05) is 10.3 Å². The molecule has 2 aromatic heterocycles. The second-order valence-corrected chi connectivity index (χ2v) is 6.18. The Bertz CT molecular complexity index is 627. The van der Waals surface area contributed by atoms with Crippen LogP contribution in [-0.4, -0.2) is 52.5 Å².